The smallest absolute Gasteiger partial charge is 0.170 e. The highest BCUT2D eigenvalue weighted by atomic mass is 16.6. The molecule has 4 aliphatic carbocycles. The van der Waals surface area contributed by atoms with Crippen molar-refractivity contribution in [1.29, 1.82) is 0 Å². The third-order valence-electron chi connectivity index (χ3n) is 13.4. The van der Waals surface area contributed by atoms with Gasteiger partial charge in [-0.3, -0.25) is 0 Å². The van der Waals surface area contributed by atoms with E-state index < -0.39 is 29.7 Å². The zero-order valence-electron chi connectivity index (χ0n) is 24.4. The number of fused-ring (bicyclic) bond motifs is 5. The topological polar surface area (TPSA) is 99.4 Å². The highest BCUT2D eigenvalue weighted by Gasteiger charge is 2.75. The van der Waals surface area contributed by atoms with Gasteiger partial charge in [-0.1, -0.05) is 39.3 Å². The summed E-state index contributed by atoms with van der Waals surface area (Å²) in [4.78, 5) is 0. The molecule has 0 aromatic rings. The summed E-state index contributed by atoms with van der Waals surface area (Å²) >= 11 is 0. The lowest BCUT2D eigenvalue weighted by Crippen LogP contribution is -2.75. The van der Waals surface area contributed by atoms with Gasteiger partial charge in [0.1, 0.15) is 12.2 Å². The normalized spacial score (nSPS) is 50.7. The third-order valence-corrected chi connectivity index (χ3v) is 13.4. The number of ether oxygens (including phenoxy) is 2. The first-order valence-electron chi connectivity index (χ1n) is 14.6. The van der Waals surface area contributed by atoms with Gasteiger partial charge in [-0.25, -0.2) is 0 Å². The van der Waals surface area contributed by atoms with E-state index in [4.69, 9.17) is 9.47 Å². The standard InChI is InChI=1S/C31H52O6/c1-18(15-22(33)25(34)27(4,5)36-8)19-9-11-28(6)20(19)16-21(32)24-29(28,7)12-10-23-26(2,3)31(35)14-13-30(23,24)17-37-31/h15,19-25,32-35H,9-14,16-17H2,1-8H3/b18-15+/t19-,20-,21-,22+,23?,24+,25?,28-,29-,30-,31-/m1/s1. The Bertz CT molecular complexity index is 932. The Labute approximate surface area is 223 Å². The van der Waals surface area contributed by atoms with Crippen molar-refractivity contribution in [3.05, 3.63) is 11.6 Å². The molecule has 11 atom stereocenters. The van der Waals surface area contributed by atoms with Crippen molar-refractivity contribution >= 4 is 0 Å². The minimum absolute atomic E-state index is 0.0245. The molecule has 6 rings (SSSR count). The molecule has 0 amide bonds. The van der Waals surface area contributed by atoms with Crippen LogP contribution in [0.3, 0.4) is 0 Å². The third kappa shape index (κ3) is 3.51. The van der Waals surface area contributed by atoms with E-state index in [1.165, 1.54) is 0 Å². The van der Waals surface area contributed by atoms with Gasteiger partial charge in [0, 0.05) is 24.4 Å². The van der Waals surface area contributed by atoms with Crippen LogP contribution in [0, 0.1) is 45.3 Å². The number of allylic oxidation sites excluding steroid dienone is 1. The summed E-state index contributed by atoms with van der Waals surface area (Å²) in [6.07, 6.45) is 6.00. The molecular formula is C31H52O6. The summed E-state index contributed by atoms with van der Waals surface area (Å²) in [6, 6.07) is 0. The molecule has 6 heteroatoms. The fourth-order valence-corrected chi connectivity index (χ4v) is 10.7. The lowest BCUT2D eigenvalue weighted by atomic mass is 9.33. The fraction of sp³-hybridized carbons (Fsp3) is 0.935. The van der Waals surface area contributed by atoms with Crippen molar-refractivity contribution in [1.82, 2.24) is 0 Å². The number of hydrogen-bond acceptors (Lipinski definition) is 6. The Morgan fingerprint density at radius 2 is 1.68 bits per heavy atom. The van der Waals surface area contributed by atoms with Gasteiger partial charge in [0.15, 0.2) is 5.79 Å². The first kappa shape index (κ1) is 28.0. The van der Waals surface area contributed by atoms with Crippen LogP contribution in [0.2, 0.25) is 0 Å². The SMILES string of the molecule is COC(C)(C)C(O)[C@@H](O)/C=C(\C)[C@H]1CC[C@]2(C)[C@@H]1C[C@@H](O)[C@@H]1[C@]34CC[C@@](O)(OC3)C(C)(C)C4CC[C@]12C. The summed E-state index contributed by atoms with van der Waals surface area (Å²) in [6.45, 7) is 15.5. The molecule has 2 bridgehead atoms. The predicted octanol–water partition coefficient (Wildman–Crippen LogP) is 4.43. The number of hydrogen-bond donors (Lipinski definition) is 4. The van der Waals surface area contributed by atoms with E-state index in [1.807, 2.05) is 6.08 Å². The molecule has 4 saturated carbocycles. The molecular weight excluding hydrogens is 468 g/mol. The Balaban J connectivity index is 1.46. The minimum atomic E-state index is -1.05. The molecule has 6 aliphatic rings. The van der Waals surface area contributed by atoms with Crippen molar-refractivity contribution in [2.45, 2.75) is 123 Å². The van der Waals surface area contributed by atoms with Crippen molar-refractivity contribution in [3.63, 3.8) is 0 Å². The van der Waals surface area contributed by atoms with Crippen LogP contribution >= 0.6 is 0 Å². The molecule has 6 nitrogen and oxygen atoms in total. The molecule has 212 valence electrons. The maximum Gasteiger partial charge on any atom is 0.170 e. The summed E-state index contributed by atoms with van der Waals surface area (Å²) in [5.41, 5.74) is -0.110. The van der Waals surface area contributed by atoms with E-state index in [2.05, 4.69) is 34.6 Å². The Morgan fingerprint density at radius 1 is 1.03 bits per heavy atom. The second kappa shape index (κ2) is 8.50. The summed E-state index contributed by atoms with van der Waals surface area (Å²) in [5, 5.41) is 44.9. The molecule has 2 saturated heterocycles. The van der Waals surface area contributed by atoms with Gasteiger partial charge in [-0.15, -0.1) is 0 Å². The number of methoxy groups -OCH3 is 1. The zero-order chi connectivity index (χ0) is 27.4. The molecule has 0 radical (unpaired) electrons. The van der Waals surface area contributed by atoms with Gasteiger partial charge in [0.25, 0.3) is 0 Å². The van der Waals surface area contributed by atoms with E-state index in [-0.39, 0.29) is 33.5 Å². The Morgan fingerprint density at radius 3 is 2.27 bits per heavy atom. The van der Waals surface area contributed by atoms with E-state index in [0.29, 0.717) is 24.9 Å². The number of aliphatic hydroxyl groups excluding tert-OH is 3. The first-order chi connectivity index (χ1) is 17.0. The number of aliphatic hydroxyl groups is 4. The van der Waals surface area contributed by atoms with E-state index in [9.17, 15) is 20.4 Å². The average molecular weight is 521 g/mol. The lowest BCUT2D eigenvalue weighted by Gasteiger charge is -2.74. The van der Waals surface area contributed by atoms with Crippen LogP contribution in [-0.4, -0.2) is 63.8 Å². The van der Waals surface area contributed by atoms with Gasteiger partial charge < -0.3 is 29.9 Å². The van der Waals surface area contributed by atoms with Crippen LogP contribution in [0.25, 0.3) is 0 Å². The van der Waals surface area contributed by atoms with Gasteiger partial charge in [-0.2, -0.15) is 0 Å². The summed E-state index contributed by atoms with van der Waals surface area (Å²) in [7, 11) is 1.55. The molecule has 1 spiro atoms. The molecule has 0 aromatic carbocycles. The maximum atomic E-state index is 12.0. The van der Waals surface area contributed by atoms with Crippen LogP contribution < -0.4 is 0 Å². The zero-order valence-corrected chi connectivity index (χ0v) is 24.4. The minimum Gasteiger partial charge on any atom is -0.393 e. The van der Waals surface area contributed by atoms with Gasteiger partial charge in [0.2, 0.25) is 0 Å². The highest BCUT2D eigenvalue weighted by molar-refractivity contribution is 5.25. The summed E-state index contributed by atoms with van der Waals surface area (Å²) < 4.78 is 11.7. The van der Waals surface area contributed by atoms with Crippen molar-refractivity contribution in [2.75, 3.05) is 13.7 Å². The van der Waals surface area contributed by atoms with Crippen LogP contribution in [0.5, 0.6) is 0 Å². The molecule has 6 fully saturated rings. The van der Waals surface area contributed by atoms with Crippen LogP contribution in [0.1, 0.15) is 93.4 Å². The van der Waals surface area contributed by atoms with Gasteiger partial charge in [0.05, 0.1) is 18.3 Å². The summed E-state index contributed by atoms with van der Waals surface area (Å²) in [5.74, 6) is 0.0472. The van der Waals surface area contributed by atoms with Crippen molar-refractivity contribution < 1.29 is 29.9 Å². The molecule has 37 heavy (non-hydrogen) atoms. The fourth-order valence-electron chi connectivity index (χ4n) is 10.7. The van der Waals surface area contributed by atoms with Crippen LogP contribution in [0.15, 0.2) is 11.6 Å². The maximum absolute atomic E-state index is 12.0. The monoisotopic (exact) mass is 520 g/mol. The van der Waals surface area contributed by atoms with Crippen molar-refractivity contribution in [3.8, 4) is 0 Å². The van der Waals surface area contributed by atoms with E-state index in [0.717, 1.165) is 44.1 Å². The van der Waals surface area contributed by atoms with E-state index >= 15 is 0 Å². The Hall–Kier alpha value is -0.500. The second-order valence-corrected chi connectivity index (χ2v) is 15.1. The molecule has 4 N–H and O–H groups in total. The second-order valence-electron chi connectivity index (χ2n) is 15.1. The quantitative estimate of drug-likeness (QED) is 0.400. The van der Waals surface area contributed by atoms with Gasteiger partial charge >= 0.3 is 0 Å². The van der Waals surface area contributed by atoms with Crippen LogP contribution in [-0.2, 0) is 9.47 Å². The lowest BCUT2D eigenvalue weighted by molar-refractivity contribution is -0.404. The number of rotatable bonds is 5. The predicted molar refractivity (Wildman–Crippen MR) is 142 cm³/mol. The van der Waals surface area contributed by atoms with Gasteiger partial charge in [-0.05, 0) is 93.8 Å². The Kier molecular flexibility index (Phi) is 6.44. The molecule has 2 aliphatic heterocycles. The molecule has 2 unspecified atom stereocenters. The van der Waals surface area contributed by atoms with Crippen LogP contribution in [0.4, 0.5) is 0 Å². The molecule has 2 heterocycles. The van der Waals surface area contributed by atoms with E-state index in [1.54, 1.807) is 21.0 Å². The largest absolute Gasteiger partial charge is 0.393 e. The first-order valence-corrected chi connectivity index (χ1v) is 14.6. The van der Waals surface area contributed by atoms with Crippen molar-refractivity contribution in [2.24, 2.45) is 45.3 Å². The highest BCUT2D eigenvalue weighted by Crippen LogP contribution is 2.77. The average Bonchev–Trinajstić information content (AvgIpc) is 3.17. The molecule has 0 aromatic heterocycles.